The first-order valence-electron chi connectivity index (χ1n) is 8.16. The summed E-state index contributed by atoms with van der Waals surface area (Å²) in [7, 11) is 1.30. The molecule has 132 valence electrons. The Labute approximate surface area is 141 Å². The lowest BCUT2D eigenvalue weighted by Gasteiger charge is -2.22. The van der Waals surface area contributed by atoms with Crippen LogP contribution in [0.4, 0.5) is 4.79 Å². The zero-order chi connectivity index (χ0) is 17.5. The molecule has 2 amide bonds. The van der Waals surface area contributed by atoms with Crippen LogP contribution in [0.3, 0.4) is 0 Å². The Balaban J connectivity index is 1.72. The van der Waals surface area contributed by atoms with Gasteiger partial charge in [0.25, 0.3) is 0 Å². The SMILES string of the molecule is COC(=O)[C@@H]1CCCN1C(=O)CNC(=O)OCC1=CCC(C)C=C1. The van der Waals surface area contributed by atoms with E-state index in [1.54, 1.807) is 0 Å². The molecule has 7 nitrogen and oxygen atoms in total. The summed E-state index contributed by atoms with van der Waals surface area (Å²) in [5.74, 6) is -0.234. The first-order chi connectivity index (χ1) is 11.5. The van der Waals surface area contributed by atoms with Crippen LogP contribution >= 0.6 is 0 Å². The Bertz CT molecular complexity index is 555. The van der Waals surface area contributed by atoms with Crippen molar-refractivity contribution in [3.05, 3.63) is 23.8 Å². The average molecular weight is 336 g/mol. The van der Waals surface area contributed by atoms with Gasteiger partial charge in [-0.1, -0.05) is 25.2 Å². The highest BCUT2D eigenvalue weighted by atomic mass is 16.5. The molecular formula is C17H24N2O5. The number of ether oxygens (including phenoxy) is 2. The predicted molar refractivity (Wildman–Crippen MR) is 87.1 cm³/mol. The number of rotatable bonds is 5. The number of alkyl carbamates (subject to hydrolysis) is 1. The van der Waals surface area contributed by atoms with Gasteiger partial charge in [0.15, 0.2) is 0 Å². The van der Waals surface area contributed by atoms with E-state index in [4.69, 9.17) is 9.47 Å². The first kappa shape index (κ1) is 18.0. The van der Waals surface area contributed by atoms with Gasteiger partial charge >= 0.3 is 12.1 Å². The molecule has 0 aromatic carbocycles. The third-order valence-corrected chi connectivity index (χ3v) is 4.19. The summed E-state index contributed by atoms with van der Waals surface area (Å²) in [6.07, 6.45) is 7.66. The van der Waals surface area contributed by atoms with Gasteiger partial charge in [-0.05, 0) is 30.8 Å². The van der Waals surface area contributed by atoms with Crippen LogP contribution in [0.5, 0.6) is 0 Å². The molecule has 0 spiro atoms. The summed E-state index contributed by atoms with van der Waals surface area (Å²) in [5.41, 5.74) is 0.944. The van der Waals surface area contributed by atoms with Gasteiger partial charge in [0.1, 0.15) is 19.2 Å². The Morgan fingerprint density at radius 3 is 2.83 bits per heavy atom. The van der Waals surface area contributed by atoms with E-state index in [1.165, 1.54) is 12.0 Å². The van der Waals surface area contributed by atoms with Crippen LogP contribution in [0.15, 0.2) is 23.8 Å². The average Bonchev–Trinajstić information content (AvgIpc) is 3.08. The van der Waals surface area contributed by atoms with E-state index in [-0.39, 0.29) is 19.1 Å². The highest BCUT2D eigenvalue weighted by Gasteiger charge is 2.34. The lowest BCUT2D eigenvalue weighted by atomic mass is 9.99. The number of nitrogens with zero attached hydrogens (tertiary/aromatic N) is 1. The van der Waals surface area contributed by atoms with Crippen molar-refractivity contribution in [2.24, 2.45) is 5.92 Å². The highest BCUT2D eigenvalue weighted by Crippen LogP contribution is 2.18. The number of likely N-dealkylation sites (tertiary alicyclic amines) is 1. The summed E-state index contributed by atoms with van der Waals surface area (Å²) in [6, 6.07) is -0.556. The van der Waals surface area contributed by atoms with Crippen molar-refractivity contribution < 1.29 is 23.9 Å². The second-order valence-electron chi connectivity index (χ2n) is 6.05. The maximum absolute atomic E-state index is 12.1. The number of hydrogen-bond acceptors (Lipinski definition) is 5. The van der Waals surface area contributed by atoms with Gasteiger partial charge in [-0.3, -0.25) is 4.79 Å². The van der Waals surface area contributed by atoms with Crippen molar-refractivity contribution in [2.45, 2.75) is 32.2 Å². The quantitative estimate of drug-likeness (QED) is 0.767. The normalized spacial score (nSPS) is 22.8. The van der Waals surface area contributed by atoms with Gasteiger partial charge in [-0.2, -0.15) is 0 Å². The molecule has 2 rings (SSSR count). The third kappa shape index (κ3) is 4.84. The summed E-state index contributed by atoms with van der Waals surface area (Å²) in [6.45, 7) is 2.59. The van der Waals surface area contributed by atoms with Crippen LogP contribution in [0.1, 0.15) is 26.2 Å². The van der Waals surface area contributed by atoms with Crippen LogP contribution in [0.2, 0.25) is 0 Å². The van der Waals surface area contributed by atoms with Crippen LogP contribution in [0, 0.1) is 5.92 Å². The van der Waals surface area contributed by atoms with Crippen molar-refractivity contribution in [3.63, 3.8) is 0 Å². The molecule has 2 aliphatic rings. The minimum absolute atomic E-state index is 0.178. The highest BCUT2D eigenvalue weighted by molar-refractivity contribution is 5.87. The maximum atomic E-state index is 12.1. The molecule has 1 aliphatic heterocycles. The van der Waals surface area contributed by atoms with Crippen molar-refractivity contribution in [3.8, 4) is 0 Å². The van der Waals surface area contributed by atoms with Gasteiger partial charge in [-0.25, -0.2) is 9.59 Å². The summed E-state index contributed by atoms with van der Waals surface area (Å²) in [5, 5.41) is 2.43. The van der Waals surface area contributed by atoms with E-state index < -0.39 is 18.1 Å². The van der Waals surface area contributed by atoms with Crippen LogP contribution in [-0.4, -0.2) is 55.7 Å². The number of amides is 2. The van der Waals surface area contributed by atoms with Crippen molar-refractivity contribution >= 4 is 18.0 Å². The maximum Gasteiger partial charge on any atom is 0.407 e. The van der Waals surface area contributed by atoms with Gasteiger partial charge in [-0.15, -0.1) is 0 Å². The number of allylic oxidation sites excluding steroid dienone is 2. The lowest BCUT2D eigenvalue weighted by molar-refractivity contribution is -0.150. The van der Waals surface area contributed by atoms with E-state index in [9.17, 15) is 14.4 Å². The smallest absolute Gasteiger partial charge is 0.407 e. The van der Waals surface area contributed by atoms with Crippen LogP contribution in [0.25, 0.3) is 0 Å². The number of hydrogen-bond donors (Lipinski definition) is 1. The molecule has 24 heavy (non-hydrogen) atoms. The van der Waals surface area contributed by atoms with Crippen molar-refractivity contribution in [1.29, 1.82) is 0 Å². The third-order valence-electron chi connectivity index (χ3n) is 4.19. The van der Waals surface area contributed by atoms with E-state index in [0.29, 0.717) is 18.9 Å². The molecule has 0 bridgehead atoms. The lowest BCUT2D eigenvalue weighted by Crippen LogP contribution is -2.46. The molecule has 0 aromatic heterocycles. The zero-order valence-electron chi connectivity index (χ0n) is 14.1. The van der Waals surface area contributed by atoms with Gasteiger partial charge in [0.2, 0.25) is 5.91 Å². The molecule has 1 saturated heterocycles. The second-order valence-corrected chi connectivity index (χ2v) is 6.05. The number of carbonyl (C=O) groups excluding carboxylic acids is 3. The van der Waals surface area contributed by atoms with Crippen molar-refractivity contribution in [1.82, 2.24) is 10.2 Å². The number of esters is 1. The molecule has 1 unspecified atom stereocenters. The number of carbonyl (C=O) groups is 3. The van der Waals surface area contributed by atoms with Crippen LogP contribution < -0.4 is 5.32 Å². The van der Waals surface area contributed by atoms with Crippen LogP contribution in [-0.2, 0) is 19.1 Å². The zero-order valence-corrected chi connectivity index (χ0v) is 14.1. The monoisotopic (exact) mass is 336 g/mol. The Morgan fingerprint density at radius 2 is 2.17 bits per heavy atom. The molecule has 1 N–H and O–H groups in total. The minimum Gasteiger partial charge on any atom is -0.467 e. The Hall–Kier alpha value is -2.31. The molecule has 7 heteroatoms. The number of nitrogens with one attached hydrogen (secondary N) is 1. The van der Waals surface area contributed by atoms with E-state index >= 15 is 0 Å². The Morgan fingerprint density at radius 1 is 1.38 bits per heavy atom. The minimum atomic E-state index is -0.648. The molecule has 0 aromatic rings. The molecule has 1 heterocycles. The summed E-state index contributed by atoms with van der Waals surface area (Å²) in [4.78, 5) is 36.9. The molecular weight excluding hydrogens is 312 g/mol. The summed E-state index contributed by atoms with van der Waals surface area (Å²) >= 11 is 0. The van der Waals surface area contributed by atoms with Gasteiger partial charge < -0.3 is 19.7 Å². The fourth-order valence-electron chi connectivity index (χ4n) is 2.77. The molecule has 0 saturated carbocycles. The standard InChI is InChI=1S/C17H24N2O5/c1-12-5-7-13(8-6-12)11-24-17(22)18-10-15(20)19-9-3-4-14(19)16(21)23-2/h5,7-8,12,14H,3-4,6,9-11H2,1-2H3,(H,18,22)/t12?,14-/m0/s1. The van der Waals surface area contributed by atoms with Gasteiger partial charge in [0.05, 0.1) is 7.11 Å². The molecule has 2 atom stereocenters. The van der Waals surface area contributed by atoms with E-state index in [0.717, 1.165) is 18.4 Å². The van der Waals surface area contributed by atoms with Crippen molar-refractivity contribution in [2.75, 3.05) is 26.8 Å². The topological polar surface area (TPSA) is 84.9 Å². The Kier molecular flexibility index (Phi) is 6.40. The molecule has 1 aliphatic carbocycles. The largest absolute Gasteiger partial charge is 0.467 e. The fraction of sp³-hybridized carbons (Fsp3) is 0.588. The van der Waals surface area contributed by atoms with E-state index in [1.807, 2.05) is 12.2 Å². The predicted octanol–water partition coefficient (Wildman–Crippen LogP) is 1.40. The number of methoxy groups -OCH3 is 1. The van der Waals surface area contributed by atoms with E-state index in [2.05, 4.69) is 18.3 Å². The van der Waals surface area contributed by atoms with Gasteiger partial charge in [0, 0.05) is 6.54 Å². The summed E-state index contributed by atoms with van der Waals surface area (Å²) < 4.78 is 9.79. The molecule has 0 radical (unpaired) electrons. The first-order valence-corrected chi connectivity index (χ1v) is 8.16. The molecule has 1 fully saturated rings. The second kappa shape index (κ2) is 8.52. The fourth-order valence-corrected chi connectivity index (χ4v) is 2.77.